The fourth-order valence-corrected chi connectivity index (χ4v) is 2.92. The van der Waals surface area contributed by atoms with Crippen molar-refractivity contribution in [3.63, 3.8) is 0 Å². The summed E-state index contributed by atoms with van der Waals surface area (Å²) < 4.78 is 10.8. The number of aromatic nitrogens is 4. The molecule has 7 nitrogen and oxygen atoms in total. The molecule has 0 amide bonds. The van der Waals surface area contributed by atoms with E-state index < -0.39 is 0 Å². The van der Waals surface area contributed by atoms with Gasteiger partial charge < -0.3 is 9.26 Å². The molecule has 2 aromatic rings. The van der Waals surface area contributed by atoms with Crippen LogP contribution in [-0.4, -0.2) is 38.7 Å². The van der Waals surface area contributed by atoms with Crippen molar-refractivity contribution in [3.05, 3.63) is 29.3 Å². The van der Waals surface area contributed by atoms with E-state index in [-0.39, 0.29) is 6.04 Å². The van der Waals surface area contributed by atoms with Gasteiger partial charge in [-0.3, -0.25) is 4.90 Å². The van der Waals surface area contributed by atoms with Crippen molar-refractivity contribution in [1.29, 1.82) is 0 Å². The van der Waals surface area contributed by atoms with Crippen LogP contribution in [-0.2, 0) is 13.0 Å². The Bertz CT molecular complexity index is 668. The Kier molecular flexibility index (Phi) is 3.29. The molecular formula is C15H19N5O2. The summed E-state index contributed by atoms with van der Waals surface area (Å²) >= 11 is 0. The van der Waals surface area contributed by atoms with Crippen molar-refractivity contribution in [3.8, 4) is 5.88 Å². The first-order chi connectivity index (χ1) is 10.8. The molecule has 0 bridgehead atoms. The largest absolute Gasteiger partial charge is 0.481 e. The van der Waals surface area contributed by atoms with Gasteiger partial charge in [-0.1, -0.05) is 5.16 Å². The highest BCUT2D eigenvalue weighted by Gasteiger charge is 2.32. The van der Waals surface area contributed by atoms with Gasteiger partial charge >= 0.3 is 0 Å². The van der Waals surface area contributed by atoms with Gasteiger partial charge in [0.25, 0.3) is 0 Å². The average molecular weight is 301 g/mol. The van der Waals surface area contributed by atoms with E-state index in [1.807, 2.05) is 0 Å². The van der Waals surface area contributed by atoms with Crippen LogP contribution in [0.2, 0.25) is 0 Å². The molecule has 2 aromatic heterocycles. The molecule has 0 N–H and O–H groups in total. The van der Waals surface area contributed by atoms with Crippen molar-refractivity contribution in [2.24, 2.45) is 0 Å². The van der Waals surface area contributed by atoms with Gasteiger partial charge in [-0.25, -0.2) is 9.97 Å². The SMILES string of the molecule is COc1ncnc2c1CN([C@H](C)c1nc(C3CC3)no1)CC2. The fraction of sp³-hybridized carbons (Fsp3) is 0.600. The van der Waals surface area contributed by atoms with Crippen molar-refractivity contribution in [2.45, 2.75) is 44.7 Å². The first-order valence-corrected chi connectivity index (χ1v) is 7.70. The maximum absolute atomic E-state index is 5.46. The zero-order valence-electron chi connectivity index (χ0n) is 12.8. The third kappa shape index (κ3) is 2.35. The predicted octanol–water partition coefficient (Wildman–Crippen LogP) is 1.86. The molecule has 1 saturated carbocycles. The van der Waals surface area contributed by atoms with Gasteiger partial charge in [-0.2, -0.15) is 4.98 Å². The summed E-state index contributed by atoms with van der Waals surface area (Å²) in [5, 5.41) is 4.11. The maximum Gasteiger partial charge on any atom is 0.243 e. The molecule has 3 heterocycles. The van der Waals surface area contributed by atoms with Crippen LogP contribution in [0.5, 0.6) is 5.88 Å². The number of methoxy groups -OCH3 is 1. The molecule has 22 heavy (non-hydrogen) atoms. The topological polar surface area (TPSA) is 77.2 Å². The Morgan fingerprint density at radius 1 is 1.36 bits per heavy atom. The molecule has 7 heteroatoms. The van der Waals surface area contributed by atoms with Crippen LogP contribution >= 0.6 is 0 Å². The Morgan fingerprint density at radius 3 is 3.00 bits per heavy atom. The van der Waals surface area contributed by atoms with E-state index in [1.54, 1.807) is 13.4 Å². The van der Waals surface area contributed by atoms with Gasteiger partial charge in [0, 0.05) is 31.0 Å². The van der Waals surface area contributed by atoms with Crippen molar-refractivity contribution in [1.82, 2.24) is 25.0 Å². The van der Waals surface area contributed by atoms with Crippen LogP contribution < -0.4 is 4.74 Å². The molecule has 4 rings (SSSR count). The lowest BCUT2D eigenvalue weighted by atomic mass is 10.0. The van der Waals surface area contributed by atoms with Crippen LogP contribution in [0, 0.1) is 0 Å². The highest BCUT2D eigenvalue weighted by atomic mass is 16.5. The zero-order valence-corrected chi connectivity index (χ0v) is 12.8. The zero-order chi connectivity index (χ0) is 15.1. The summed E-state index contributed by atoms with van der Waals surface area (Å²) in [7, 11) is 1.64. The summed E-state index contributed by atoms with van der Waals surface area (Å²) in [6.45, 7) is 3.75. The van der Waals surface area contributed by atoms with E-state index in [9.17, 15) is 0 Å². The molecule has 1 atom stereocenters. The second kappa shape index (κ2) is 5.31. The highest BCUT2D eigenvalue weighted by molar-refractivity contribution is 5.31. The Hall–Kier alpha value is -2.02. The second-order valence-electron chi connectivity index (χ2n) is 5.97. The summed E-state index contributed by atoms with van der Waals surface area (Å²) in [5.41, 5.74) is 2.13. The first kappa shape index (κ1) is 13.6. The standard InChI is InChI=1S/C15H19N5O2/c1-9(14-18-13(19-22-14)10-3-4-10)20-6-5-12-11(7-20)15(21-2)17-8-16-12/h8-10H,3-7H2,1-2H3/t9-/m1/s1. The minimum absolute atomic E-state index is 0.0815. The van der Waals surface area contributed by atoms with Crippen LogP contribution in [0.3, 0.4) is 0 Å². The summed E-state index contributed by atoms with van der Waals surface area (Å²) in [6.07, 6.45) is 4.80. The third-order valence-corrected chi connectivity index (χ3v) is 4.49. The van der Waals surface area contributed by atoms with Crippen molar-refractivity contribution < 1.29 is 9.26 Å². The van der Waals surface area contributed by atoms with Crippen LogP contribution in [0.25, 0.3) is 0 Å². The molecule has 0 saturated heterocycles. The minimum atomic E-state index is 0.0815. The number of nitrogens with zero attached hydrogens (tertiary/aromatic N) is 5. The van der Waals surface area contributed by atoms with E-state index in [0.717, 1.165) is 36.6 Å². The molecule has 1 aliphatic carbocycles. The van der Waals surface area contributed by atoms with E-state index >= 15 is 0 Å². The van der Waals surface area contributed by atoms with Gasteiger partial charge in [0.1, 0.15) is 6.33 Å². The average Bonchev–Trinajstić information content (AvgIpc) is 3.30. The molecule has 1 fully saturated rings. The molecule has 2 aliphatic rings. The lowest BCUT2D eigenvalue weighted by Crippen LogP contribution is -2.34. The number of hydrogen-bond donors (Lipinski definition) is 0. The Labute approximate surface area is 128 Å². The quantitative estimate of drug-likeness (QED) is 0.853. The summed E-state index contributed by atoms with van der Waals surface area (Å²) in [4.78, 5) is 15.4. The number of ether oxygens (including phenoxy) is 1. The molecule has 1 aliphatic heterocycles. The van der Waals surface area contributed by atoms with Gasteiger partial charge in [-0.15, -0.1) is 0 Å². The first-order valence-electron chi connectivity index (χ1n) is 7.70. The van der Waals surface area contributed by atoms with Gasteiger partial charge in [0.15, 0.2) is 5.82 Å². The van der Waals surface area contributed by atoms with Crippen molar-refractivity contribution >= 4 is 0 Å². The lowest BCUT2D eigenvalue weighted by Gasteiger charge is -2.31. The molecule has 0 unspecified atom stereocenters. The van der Waals surface area contributed by atoms with Crippen LogP contribution in [0.15, 0.2) is 10.9 Å². The number of fused-ring (bicyclic) bond motifs is 1. The van der Waals surface area contributed by atoms with Gasteiger partial charge in [0.05, 0.1) is 18.8 Å². The molecule has 0 radical (unpaired) electrons. The van der Waals surface area contributed by atoms with Gasteiger partial charge in [-0.05, 0) is 19.8 Å². The summed E-state index contributed by atoms with van der Waals surface area (Å²) in [5.74, 6) is 2.73. The fourth-order valence-electron chi connectivity index (χ4n) is 2.92. The van der Waals surface area contributed by atoms with Gasteiger partial charge in [0.2, 0.25) is 11.8 Å². The van der Waals surface area contributed by atoms with Crippen LogP contribution in [0.4, 0.5) is 0 Å². The minimum Gasteiger partial charge on any atom is -0.481 e. The lowest BCUT2D eigenvalue weighted by molar-refractivity contribution is 0.154. The normalized spacial score (nSPS) is 19.7. The Morgan fingerprint density at radius 2 is 2.23 bits per heavy atom. The molecule has 116 valence electrons. The van der Waals surface area contributed by atoms with Crippen LogP contribution in [0.1, 0.15) is 54.7 Å². The molecular weight excluding hydrogens is 282 g/mol. The predicted molar refractivity (Wildman–Crippen MR) is 77.4 cm³/mol. The third-order valence-electron chi connectivity index (χ3n) is 4.49. The van der Waals surface area contributed by atoms with E-state index in [0.29, 0.717) is 17.7 Å². The maximum atomic E-state index is 5.46. The second-order valence-corrected chi connectivity index (χ2v) is 5.97. The van der Waals surface area contributed by atoms with Crippen molar-refractivity contribution in [2.75, 3.05) is 13.7 Å². The smallest absolute Gasteiger partial charge is 0.243 e. The number of rotatable bonds is 4. The van der Waals surface area contributed by atoms with E-state index in [2.05, 4.69) is 31.9 Å². The molecule has 0 spiro atoms. The number of hydrogen-bond acceptors (Lipinski definition) is 7. The van der Waals surface area contributed by atoms with E-state index in [1.165, 1.54) is 12.8 Å². The monoisotopic (exact) mass is 301 g/mol. The summed E-state index contributed by atoms with van der Waals surface area (Å²) in [6, 6.07) is 0.0815. The van der Waals surface area contributed by atoms with E-state index in [4.69, 9.17) is 9.26 Å². The Balaban J connectivity index is 1.55. The highest BCUT2D eigenvalue weighted by Crippen LogP contribution is 2.39. The molecule has 0 aromatic carbocycles.